The number of amides is 1. The van der Waals surface area contributed by atoms with Crippen molar-refractivity contribution in [3.63, 3.8) is 0 Å². The van der Waals surface area contributed by atoms with Gasteiger partial charge in [-0.25, -0.2) is 0 Å². The van der Waals surface area contributed by atoms with Crippen molar-refractivity contribution in [2.75, 3.05) is 6.54 Å². The summed E-state index contributed by atoms with van der Waals surface area (Å²) in [7, 11) is 0. The lowest BCUT2D eigenvalue weighted by molar-refractivity contribution is -0.139. The average Bonchev–Trinajstić information content (AvgIpc) is 2.84. The number of rotatable bonds is 4. The van der Waals surface area contributed by atoms with E-state index < -0.39 is 5.97 Å². The second-order valence-corrected chi connectivity index (χ2v) is 5.77. The molecule has 6 heteroatoms. The highest BCUT2D eigenvalue weighted by molar-refractivity contribution is 6.35. The lowest BCUT2D eigenvalue weighted by atomic mass is 10.1. The zero-order chi connectivity index (χ0) is 15.4. The number of likely N-dealkylation sites (tertiary alicyclic amines) is 1. The number of hydrogen-bond acceptors (Lipinski definition) is 2. The fourth-order valence-electron chi connectivity index (χ4n) is 2.43. The van der Waals surface area contributed by atoms with Gasteiger partial charge in [0.25, 0.3) is 0 Å². The Bertz CT molecular complexity index is 586. The van der Waals surface area contributed by atoms with Crippen molar-refractivity contribution in [3.8, 4) is 0 Å². The molecule has 112 valence electrons. The Labute approximate surface area is 133 Å². The third-order valence-corrected chi connectivity index (χ3v) is 4.00. The minimum atomic E-state index is -0.885. The van der Waals surface area contributed by atoms with Gasteiger partial charge < -0.3 is 10.0 Å². The number of aliphatic carboxylic acids is 1. The fourth-order valence-corrected chi connectivity index (χ4v) is 2.90. The molecule has 1 atom stereocenters. The highest BCUT2D eigenvalue weighted by Gasteiger charge is 2.29. The van der Waals surface area contributed by atoms with Gasteiger partial charge in [-0.05, 0) is 36.6 Å². The van der Waals surface area contributed by atoms with Gasteiger partial charge in [0.2, 0.25) is 5.91 Å². The van der Waals surface area contributed by atoms with Crippen molar-refractivity contribution in [3.05, 3.63) is 39.9 Å². The van der Waals surface area contributed by atoms with Gasteiger partial charge in [-0.2, -0.15) is 0 Å². The molecule has 1 heterocycles. The van der Waals surface area contributed by atoms with E-state index in [1.807, 2.05) is 0 Å². The molecule has 1 saturated heterocycles. The third-order valence-electron chi connectivity index (χ3n) is 3.44. The van der Waals surface area contributed by atoms with E-state index >= 15 is 0 Å². The van der Waals surface area contributed by atoms with Gasteiger partial charge in [0.1, 0.15) is 0 Å². The lowest BCUT2D eigenvalue weighted by Gasteiger charge is -2.21. The van der Waals surface area contributed by atoms with Crippen LogP contribution in [-0.4, -0.2) is 34.5 Å². The summed E-state index contributed by atoms with van der Waals surface area (Å²) in [6.45, 7) is 0.593. The molecule has 2 rings (SSSR count). The number of carboxylic acids is 1. The second kappa shape index (κ2) is 6.96. The van der Waals surface area contributed by atoms with Crippen molar-refractivity contribution in [2.45, 2.75) is 25.3 Å². The van der Waals surface area contributed by atoms with Crippen LogP contribution in [0, 0.1) is 0 Å². The smallest absolute Gasteiger partial charge is 0.305 e. The van der Waals surface area contributed by atoms with Crippen LogP contribution in [0.2, 0.25) is 10.0 Å². The predicted octanol–water partition coefficient (Wildman–Crippen LogP) is 3.47. The average molecular weight is 328 g/mol. The molecule has 1 amide bonds. The molecule has 1 fully saturated rings. The van der Waals surface area contributed by atoms with E-state index in [1.54, 1.807) is 29.2 Å². The van der Waals surface area contributed by atoms with Crippen LogP contribution in [0.15, 0.2) is 24.3 Å². The summed E-state index contributed by atoms with van der Waals surface area (Å²) in [6, 6.07) is 4.81. The zero-order valence-electron chi connectivity index (χ0n) is 11.3. The first-order valence-electron chi connectivity index (χ1n) is 6.63. The number of hydrogen-bond donors (Lipinski definition) is 1. The minimum absolute atomic E-state index is 0.0126. The van der Waals surface area contributed by atoms with Crippen molar-refractivity contribution in [1.29, 1.82) is 0 Å². The van der Waals surface area contributed by atoms with Gasteiger partial charge in [0, 0.05) is 28.7 Å². The molecular formula is C15H15Cl2NO3. The maximum Gasteiger partial charge on any atom is 0.305 e. The Hall–Kier alpha value is -1.52. The summed E-state index contributed by atoms with van der Waals surface area (Å²) in [5, 5.41) is 9.86. The van der Waals surface area contributed by atoms with Crippen LogP contribution in [-0.2, 0) is 9.59 Å². The topological polar surface area (TPSA) is 57.6 Å². The molecule has 4 nitrogen and oxygen atoms in total. The standard InChI is InChI=1S/C15H15Cl2NO3/c16-11-5-3-10(13(17)8-11)4-6-14(19)18-7-1-2-12(18)9-15(20)21/h3-6,8,12H,1-2,7,9H2,(H,20,21). The third kappa shape index (κ3) is 4.22. The van der Waals surface area contributed by atoms with E-state index in [0.717, 1.165) is 12.8 Å². The number of halogens is 2. The molecule has 0 aliphatic carbocycles. The van der Waals surface area contributed by atoms with Gasteiger partial charge in [-0.3, -0.25) is 9.59 Å². The summed E-state index contributed by atoms with van der Waals surface area (Å²) < 4.78 is 0. The summed E-state index contributed by atoms with van der Waals surface area (Å²) in [5.74, 6) is -1.07. The normalized spacial score (nSPS) is 18.4. The predicted molar refractivity (Wildman–Crippen MR) is 82.5 cm³/mol. The number of benzene rings is 1. The van der Waals surface area contributed by atoms with Gasteiger partial charge in [0.15, 0.2) is 0 Å². The minimum Gasteiger partial charge on any atom is -0.481 e. The van der Waals surface area contributed by atoms with Crippen molar-refractivity contribution < 1.29 is 14.7 Å². The van der Waals surface area contributed by atoms with Crippen LogP contribution in [0.25, 0.3) is 6.08 Å². The van der Waals surface area contributed by atoms with E-state index in [9.17, 15) is 9.59 Å². The Kier molecular flexibility index (Phi) is 5.26. The largest absolute Gasteiger partial charge is 0.481 e. The first kappa shape index (κ1) is 15.9. The number of carboxylic acid groups (broad SMARTS) is 1. The quantitative estimate of drug-likeness (QED) is 0.861. The number of nitrogens with zero attached hydrogens (tertiary/aromatic N) is 1. The SMILES string of the molecule is O=C(O)CC1CCCN1C(=O)C=Cc1ccc(Cl)cc1Cl. The molecule has 1 unspecified atom stereocenters. The van der Waals surface area contributed by atoms with Crippen molar-refractivity contribution in [2.24, 2.45) is 0 Å². The van der Waals surface area contributed by atoms with E-state index in [0.29, 0.717) is 22.2 Å². The summed E-state index contributed by atoms with van der Waals surface area (Å²) in [6.07, 6.45) is 4.60. The zero-order valence-corrected chi connectivity index (χ0v) is 12.8. The van der Waals surface area contributed by atoms with E-state index in [2.05, 4.69) is 0 Å². The lowest BCUT2D eigenvalue weighted by Crippen LogP contribution is -2.35. The van der Waals surface area contributed by atoms with Crippen molar-refractivity contribution >= 4 is 41.2 Å². The molecule has 1 aliphatic heterocycles. The molecule has 0 bridgehead atoms. The van der Waals surface area contributed by atoms with Crippen LogP contribution in [0.4, 0.5) is 0 Å². The van der Waals surface area contributed by atoms with Crippen LogP contribution < -0.4 is 0 Å². The van der Waals surface area contributed by atoms with Crippen LogP contribution >= 0.6 is 23.2 Å². The molecule has 0 saturated carbocycles. The molecule has 0 aromatic heterocycles. The van der Waals surface area contributed by atoms with Crippen LogP contribution in [0.3, 0.4) is 0 Å². The highest BCUT2D eigenvalue weighted by Crippen LogP contribution is 2.23. The summed E-state index contributed by atoms with van der Waals surface area (Å²) in [5.41, 5.74) is 0.698. The van der Waals surface area contributed by atoms with Crippen LogP contribution in [0.5, 0.6) is 0 Å². The molecular weight excluding hydrogens is 313 g/mol. The molecule has 1 aromatic carbocycles. The second-order valence-electron chi connectivity index (χ2n) is 4.92. The maximum atomic E-state index is 12.2. The van der Waals surface area contributed by atoms with Gasteiger partial charge >= 0.3 is 5.97 Å². The Morgan fingerprint density at radius 3 is 2.81 bits per heavy atom. The molecule has 21 heavy (non-hydrogen) atoms. The van der Waals surface area contributed by atoms with E-state index in [4.69, 9.17) is 28.3 Å². The van der Waals surface area contributed by atoms with Gasteiger partial charge in [-0.15, -0.1) is 0 Å². The number of carbonyl (C=O) groups is 2. The Balaban J connectivity index is 2.06. The fraction of sp³-hybridized carbons (Fsp3) is 0.333. The Morgan fingerprint density at radius 1 is 1.38 bits per heavy atom. The van der Waals surface area contributed by atoms with Gasteiger partial charge in [-0.1, -0.05) is 29.3 Å². The molecule has 0 spiro atoms. The summed E-state index contributed by atoms with van der Waals surface area (Å²) >= 11 is 11.8. The highest BCUT2D eigenvalue weighted by atomic mass is 35.5. The number of carbonyl (C=O) groups excluding carboxylic acids is 1. The molecule has 0 radical (unpaired) electrons. The van der Waals surface area contributed by atoms with E-state index in [-0.39, 0.29) is 18.4 Å². The van der Waals surface area contributed by atoms with Crippen LogP contribution in [0.1, 0.15) is 24.8 Å². The van der Waals surface area contributed by atoms with Gasteiger partial charge in [0.05, 0.1) is 6.42 Å². The summed E-state index contributed by atoms with van der Waals surface area (Å²) in [4.78, 5) is 24.6. The first-order valence-corrected chi connectivity index (χ1v) is 7.38. The molecule has 1 aromatic rings. The molecule has 1 N–H and O–H groups in total. The van der Waals surface area contributed by atoms with E-state index in [1.165, 1.54) is 6.08 Å². The van der Waals surface area contributed by atoms with Crippen molar-refractivity contribution in [1.82, 2.24) is 4.90 Å². The monoisotopic (exact) mass is 327 g/mol. The maximum absolute atomic E-state index is 12.2. The first-order chi connectivity index (χ1) is 9.97. The Morgan fingerprint density at radius 2 is 2.14 bits per heavy atom. The molecule has 1 aliphatic rings.